The Morgan fingerprint density at radius 2 is 2.00 bits per heavy atom. The Hall–Kier alpha value is -1.24. The van der Waals surface area contributed by atoms with E-state index in [0.29, 0.717) is 0 Å². The maximum atomic E-state index is 12.6. The van der Waals surface area contributed by atoms with Crippen LogP contribution in [0, 0.1) is 0 Å². The molecule has 0 fully saturated rings. The minimum Gasteiger partial charge on any atom is -0.496 e. The Morgan fingerprint density at radius 3 is 2.38 bits per heavy atom. The van der Waals surface area contributed by atoms with Gasteiger partial charge in [0.25, 0.3) is 0 Å². The third kappa shape index (κ3) is 2.46. The number of alkyl halides is 3. The second-order valence-electron chi connectivity index (χ2n) is 2.89. The summed E-state index contributed by atoms with van der Waals surface area (Å²) in [5, 5.41) is 0. The van der Waals surface area contributed by atoms with Gasteiger partial charge in [-0.05, 0) is 28.1 Å². The van der Waals surface area contributed by atoms with Crippen molar-refractivity contribution in [3.63, 3.8) is 0 Å². The highest BCUT2D eigenvalue weighted by Crippen LogP contribution is 2.37. The molecule has 0 spiro atoms. The molecule has 0 radical (unpaired) electrons. The van der Waals surface area contributed by atoms with Crippen LogP contribution in [0.5, 0.6) is 5.75 Å². The van der Waals surface area contributed by atoms with Gasteiger partial charge < -0.3 is 10.5 Å². The number of methoxy groups -OCH3 is 1. The van der Waals surface area contributed by atoms with Crippen LogP contribution in [0.15, 0.2) is 16.6 Å². The maximum Gasteiger partial charge on any atom is 0.417 e. The zero-order valence-electron chi connectivity index (χ0n) is 8.06. The first-order chi connectivity index (χ1) is 7.27. The lowest BCUT2D eigenvalue weighted by Crippen LogP contribution is -2.19. The van der Waals surface area contributed by atoms with Gasteiger partial charge >= 0.3 is 6.18 Å². The summed E-state index contributed by atoms with van der Waals surface area (Å²) < 4.78 is 42.7. The second-order valence-corrected chi connectivity index (χ2v) is 3.75. The van der Waals surface area contributed by atoms with Crippen molar-refractivity contribution in [2.45, 2.75) is 6.18 Å². The summed E-state index contributed by atoms with van der Waals surface area (Å²) in [6.45, 7) is 0. The molecule has 1 aromatic rings. The van der Waals surface area contributed by atoms with Crippen molar-refractivity contribution in [1.29, 1.82) is 0 Å². The Labute approximate surface area is 97.5 Å². The van der Waals surface area contributed by atoms with E-state index < -0.39 is 23.2 Å². The van der Waals surface area contributed by atoms with E-state index in [2.05, 4.69) is 15.9 Å². The van der Waals surface area contributed by atoms with Crippen molar-refractivity contribution in [2.24, 2.45) is 5.73 Å². The van der Waals surface area contributed by atoms with Crippen molar-refractivity contribution < 1.29 is 22.7 Å². The highest BCUT2D eigenvalue weighted by atomic mass is 79.9. The summed E-state index contributed by atoms with van der Waals surface area (Å²) in [4.78, 5) is 10.9. The zero-order chi connectivity index (χ0) is 12.5. The van der Waals surface area contributed by atoms with Gasteiger partial charge in [0.2, 0.25) is 5.91 Å². The number of rotatable bonds is 2. The van der Waals surface area contributed by atoms with Crippen LogP contribution >= 0.6 is 15.9 Å². The van der Waals surface area contributed by atoms with Crippen LogP contribution in [0.3, 0.4) is 0 Å². The first kappa shape index (κ1) is 12.8. The quantitative estimate of drug-likeness (QED) is 0.912. The summed E-state index contributed by atoms with van der Waals surface area (Å²) in [6.07, 6.45) is -4.65. The molecule has 0 saturated heterocycles. The number of hydrogen-bond donors (Lipinski definition) is 1. The number of primary amides is 1. The molecule has 16 heavy (non-hydrogen) atoms. The number of ether oxygens (including phenoxy) is 1. The van der Waals surface area contributed by atoms with Crippen molar-refractivity contribution in [3.8, 4) is 5.75 Å². The summed E-state index contributed by atoms with van der Waals surface area (Å²) in [5.74, 6) is -1.16. The van der Waals surface area contributed by atoms with Crippen molar-refractivity contribution >= 4 is 21.8 Å². The molecule has 0 heterocycles. The van der Waals surface area contributed by atoms with E-state index in [1.165, 1.54) is 7.11 Å². The molecule has 0 aliphatic carbocycles. The average molecular weight is 298 g/mol. The minimum absolute atomic E-state index is 0.0164. The molecule has 1 aromatic carbocycles. The number of amides is 1. The molecule has 3 nitrogen and oxygen atoms in total. The molecule has 1 rings (SSSR count). The third-order valence-corrected chi connectivity index (χ3v) is 2.48. The van der Waals surface area contributed by atoms with Crippen LogP contribution in [-0.4, -0.2) is 13.0 Å². The van der Waals surface area contributed by atoms with Gasteiger partial charge in [-0.3, -0.25) is 4.79 Å². The van der Waals surface area contributed by atoms with E-state index in [9.17, 15) is 18.0 Å². The molecule has 0 bridgehead atoms. The van der Waals surface area contributed by atoms with Gasteiger partial charge in [0.05, 0.1) is 22.7 Å². The summed E-state index contributed by atoms with van der Waals surface area (Å²) in [6, 6.07) is 1.72. The maximum absolute atomic E-state index is 12.6. The van der Waals surface area contributed by atoms with E-state index in [1.54, 1.807) is 0 Å². The van der Waals surface area contributed by atoms with E-state index in [1.807, 2.05) is 0 Å². The van der Waals surface area contributed by atoms with Crippen LogP contribution in [0.2, 0.25) is 0 Å². The van der Waals surface area contributed by atoms with Gasteiger partial charge in [0.1, 0.15) is 5.75 Å². The van der Waals surface area contributed by atoms with E-state index in [0.717, 1.165) is 12.1 Å². The molecule has 0 aliphatic rings. The van der Waals surface area contributed by atoms with Gasteiger partial charge in [0.15, 0.2) is 0 Å². The molecule has 0 aromatic heterocycles. The monoisotopic (exact) mass is 297 g/mol. The third-order valence-electron chi connectivity index (χ3n) is 1.86. The van der Waals surface area contributed by atoms with Crippen molar-refractivity contribution in [2.75, 3.05) is 7.11 Å². The zero-order valence-corrected chi connectivity index (χ0v) is 9.65. The van der Waals surface area contributed by atoms with E-state index in [4.69, 9.17) is 10.5 Å². The van der Waals surface area contributed by atoms with E-state index in [-0.39, 0.29) is 10.2 Å². The lowest BCUT2D eigenvalue weighted by Gasteiger charge is -2.13. The fourth-order valence-corrected chi connectivity index (χ4v) is 1.65. The SMILES string of the molecule is COc1cc(C(F)(F)F)c(C(N)=O)cc1Br. The molecule has 2 N–H and O–H groups in total. The molecule has 0 unspecified atom stereocenters. The highest BCUT2D eigenvalue weighted by Gasteiger charge is 2.35. The number of nitrogens with two attached hydrogens (primary N) is 1. The number of benzene rings is 1. The summed E-state index contributed by atoms with van der Waals surface area (Å²) >= 11 is 2.98. The van der Waals surface area contributed by atoms with Crippen LogP contribution in [-0.2, 0) is 6.18 Å². The number of hydrogen-bond acceptors (Lipinski definition) is 2. The minimum atomic E-state index is -4.65. The standard InChI is InChI=1S/C9H7BrF3NO2/c1-16-7-3-5(9(11,12)13)4(8(14)15)2-6(7)10/h2-3H,1H3,(H2,14,15). The lowest BCUT2D eigenvalue weighted by atomic mass is 10.1. The Balaban J connectivity index is 3.49. The number of halogens is 4. The fourth-order valence-electron chi connectivity index (χ4n) is 1.15. The summed E-state index contributed by atoms with van der Waals surface area (Å²) in [5.41, 5.74) is 3.16. The van der Waals surface area contributed by atoms with Crippen molar-refractivity contribution in [3.05, 3.63) is 27.7 Å². The van der Waals surface area contributed by atoms with Crippen LogP contribution < -0.4 is 10.5 Å². The van der Waals surface area contributed by atoms with E-state index >= 15 is 0 Å². The fraction of sp³-hybridized carbons (Fsp3) is 0.222. The Kier molecular flexibility index (Phi) is 3.47. The van der Waals surface area contributed by atoms with Crippen LogP contribution in [0.4, 0.5) is 13.2 Å². The normalized spacial score (nSPS) is 11.3. The first-order valence-electron chi connectivity index (χ1n) is 4.02. The molecule has 0 aliphatic heterocycles. The van der Waals surface area contributed by atoms with Gasteiger partial charge in [-0.2, -0.15) is 13.2 Å². The van der Waals surface area contributed by atoms with Gasteiger partial charge in [-0.25, -0.2) is 0 Å². The predicted octanol–water partition coefficient (Wildman–Crippen LogP) is 2.58. The summed E-state index contributed by atoms with van der Waals surface area (Å²) in [7, 11) is 1.23. The molecular weight excluding hydrogens is 291 g/mol. The van der Waals surface area contributed by atoms with Crippen molar-refractivity contribution in [1.82, 2.24) is 0 Å². The molecule has 1 amide bonds. The van der Waals surface area contributed by atoms with Gasteiger partial charge in [0, 0.05) is 0 Å². The topological polar surface area (TPSA) is 52.3 Å². The first-order valence-corrected chi connectivity index (χ1v) is 4.81. The molecule has 0 saturated carbocycles. The number of carbonyl (C=O) groups is 1. The van der Waals surface area contributed by atoms with Crippen LogP contribution in [0.25, 0.3) is 0 Å². The predicted molar refractivity (Wildman–Crippen MR) is 54.2 cm³/mol. The average Bonchev–Trinajstić information content (AvgIpc) is 2.15. The van der Waals surface area contributed by atoms with Gasteiger partial charge in [-0.15, -0.1) is 0 Å². The molecule has 7 heteroatoms. The molecule has 88 valence electrons. The van der Waals surface area contributed by atoms with Crippen LogP contribution in [0.1, 0.15) is 15.9 Å². The number of carbonyl (C=O) groups excluding carboxylic acids is 1. The lowest BCUT2D eigenvalue weighted by molar-refractivity contribution is -0.138. The van der Waals surface area contributed by atoms with Gasteiger partial charge in [-0.1, -0.05) is 0 Å². The molecular formula is C9H7BrF3NO2. The Morgan fingerprint density at radius 1 is 1.44 bits per heavy atom. The second kappa shape index (κ2) is 4.32. The highest BCUT2D eigenvalue weighted by molar-refractivity contribution is 9.10. The smallest absolute Gasteiger partial charge is 0.417 e. The largest absolute Gasteiger partial charge is 0.496 e. The Bertz CT molecular complexity index is 431. The molecule has 0 atom stereocenters.